The zero-order chi connectivity index (χ0) is 22.6. The lowest BCUT2D eigenvalue weighted by Crippen LogP contribution is -2.10. The summed E-state index contributed by atoms with van der Waals surface area (Å²) in [6, 6.07) is 12.3. The van der Waals surface area contributed by atoms with Crippen LogP contribution in [0.25, 0.3) is 32.9 Å². The number of aromatic nitrogens is 2. The largest absolute Gasteiger partial charge is 0.402 e. The lowest BCUT2D eigenvalue weighted by molar-refractivity contribution is 0.482. The number of halogens is 1. The molecule has 9 heteroatoms. The molecule has 0 saturated carbocycles. The molecule has 0 aliphatic carbocycles. The van der Waals surface area contributed by atoms with Gasteiger partial charge >= 0.3 is 5.63 Å². The number of aryl methyl sites for hydroxylation is 1. The van der Waals surface area contributed by atoms with Gasteiger partial charge in [0, 0.05) is 33.4 Å². The molecule has 2 aromatic carbocycles. The molecule has 0 aliphatic rings. The molecule has 0 unspecified atom stereocenters. The predicted molar refractivity (Wildman–Crippen MR) is 118 cm³/mol. The fourth-order valence-electron chi connectivity index (χ4n) is 4.07. The molecule has 5 aromatic rings. The van der Waals surface area contributed by atoms with Crippen molar-refractivity contribution in [3.8, 4) is 0 Å². The molecule has 0 aliphatic heterocycles. The van der Waals surface area contributed by atoms with Gasteiger partial charge in [-0.3, -0.25) is 4.55 Å². The van der Waals surface area contributed by atoms with Crippen molar-refractivity contribution in [1.82, 2.24) is 9.55 Å². The minimum Gasteiger partial charge on any atom is -0.402 e. The number of hydrogen-bond donors (Lipinski definition) is 1. The Labute approximate surface area is 181 Å². The third-order valence-corrected chi connectivity index (χ3v) is 6.45. The maximum Gasteiger partial charge on any atom is 0.362 e. The quantitative estimate of drug-likeness (QED) is 0.408. The van der Waals surface area contributed by atoms with Crippen LogP contribution < -0.4 is 5.63 Å². The second-order valence-corrected chi connectivity index (χ2v) is 8.91. The number of benzene rings is 2. The van der Waals surface area contributed by atoms with Gasteiger partial charge in [-0.1, -0.05) is 13.0 Å². The molecule has 0 amide bonds. The first-order chi connectivity index (χ1) is 15.3. The van der Waals surface area contributed by atoms with Gasteiger partial charge in [0.1, 0.15) is 11.3 Å². The van der Waals surface area contributed by atoms with Crippen LogP contribution in [0.2, 0.25) is 0 Å². The van der Waals surface area contributed by atoms with Crippen LogP contribution in [0.5, 0.6) is 0 Å². The van der Waals surface area contributed by atoms with Crippen LogP contribution in [0.4, 0.5) is 4.39 Å². The van der Waals surface area contributed by atoms with E-state index in [1.165, 1.54) is 6.20 Å². The Bertz CT molecular complexity index is 1700. The van der Waals surface area contributed by atoms with E-state index < -0.39 is 26.5 Å². The Kier molecular flexibility index (Phi) is 4.61. The van der Waals surface area contributed by atoms with Gasteiger partial charge in [-0.15, -0.1) is 0 Å². The molecule has 0 radical (unpaired) electrons. The normalized spacial score (nSPS) is 12.2. The molecule has 0 spiro atoms. The Hall–Kier alpha value is -3.56. The number of pyridine rings is 1. The van der Waals surface area contributed by atoms with Crippen LogP contribution in [-0.4, -0.2) is 22.5 Å². The highest BCUT2D eigenvalue weighted by atomic mass is 32.2. The second kappa shape index (κ2) is 7.25. The van der Waals surface area contributed by atoms with E-state index in [-0.39, 0.29) is 23.3 Å². The van der Waals surface area contributed by atoms with Crippen molar-refractivity contribution in [2.45, 2.75) is 24.8 Å². The molecule has 3 heterocycles. The zero-order valence-electron chi connectivity index (χ0n) is 16.9. The van der Waals surface area contributed by atoms with Gasteiger partial charge in [0.15, 0.2) is 0 Å². The van der Waals surface area contributed by atoms with E-state index in [2.05, 4.69) is 4.98 Å². The fraction of sp³-hybridized carbons (Fsp3) is 0.130. The molecular formula is C23H17FN2O5S. The molecule has 7 nitrogen and oxygen atoms in total. The first kappa shape index (κ1) is 20.3. The molecular weight excluding hydrogens is 435 g/mol. The molecule has 1 N–H and O–H groups in total. The first-order valence-electron chi connectivity index (χ1n) is 9.86. The summed E-state index contributed by atoms with van der Waals surface area (Å²) in [5.41, 5.74) is 1.52. The fourth-order valence-corrected chi connectivity index (χ4v) is 4.60. The molecule has 3 aromatic heterocycles. The summed E-state index contributed by atoms with van der Waals surface area (Å²) >= 11 is 0. The van der Waals surface area contributed by atoms with E-state index in [0.29, 0.717) is 16.3 Å². The molecule has 0 fully saturated rings. The van der Waals surface area contributed by atoms with Crippen LogP contribution in [0.15, 0.2) is 68.8 Å². The smallest absolute Gasteiger partial charge is 0.362 e. The van der Waals surface area contributed by atoms with E-state index in [1.54, 1.807) is 16.7 Å². The maximum atomic E-state index is 14.6. The predicted octanol–water partition coefficient (Wildman–Crippen LogP) is 4.29. The van der Waals surface area contributed by atoms with E-state index in [1.807, 2.05) is 25.1 Å². The minimum absolute atomic E-state index is 0.00387. The van der Waals surface area contributed by atoms with Crippen LogP contribution in [0.1, 0.15) is 18.1 Å². The lowest BCUT2D eigenvalue weighted by Gasteiger charge is -2.10. The van der Waals surface area contributed by atoms with Crippen molar-refractivity contribution in [2.75, 3.05) is 0 Å². The SMILES string of the molecule is CCc1ccc2c(c1)c1c3cccnc3oc(=O)c1n2Cc1cc(S(=O)(=O)O)ccc1F. The van der Waals surface area contributed by atoms with Crippen molar-refractivity contribution in [3.63, 3.8) is 0 Å². The molecule has 0 atom stereocenters. The standard InChI is InChI=1S/C23H17FN2O5S/c1-2-13-5-8-19-17(10-13)20-16-4-3-9-25-22(16)31-23(27)21(20)26(19)12-14-11-15(32(28,29)30)6-7-18(14)24/h3-11H,2,12H2,1H3,(H,28,29,30). The average Bonchev–Trinajstić information content (AvgIpc) is 3.09. The first-order valence-corrected chi connectivity index (χ1v) is 11.3. The van der Waals surface area contributed by atoms with Crippen molar-refractivity contribution in [2.24, 2.45) is 0 Å². The van der Waals surface area contributed by atoms with Crippen molar-refractivity contribution in [1.29, 1.82) is 0 Å². The van der Waals surface area contributed by atoms with Crippen LogP contribution in [-0.2, 0) is 23.1 Å². The summed E-state index contributed by atoms with van der Waals surface area (Å²) in [7, 11) is -4.52. The summed E-state index contributed by atoms with van der Waals surface area (Å²) in [6.07, 6.45) is 2.31. The molecule has 162 valence electrons. The van der Waals surface area contributed by atoms with Crippen molar-refractivity contribution < 1.29 is 21.8 Å². The Morgan fingerprint density at radius 1 is 1.12 bits per heavy atom. The van der Waals surface area contributed by atoms with E-state index >= 15 is 0 Å². The average molecular weight is 452 g/mol. The molecule has 0 saturated heterocycles. The van der Waals surface area contributed by atoms with Gasteiger partial charge < -0.3 is 8.98 Å². The highest BCUT2D eigenvalue weighted by Gasteiger charge is 2.21. The minimum atomic E-state index is -4.52. The monoisotopic (exact) mass is 452 g/mol. The van der Waals surface area contributed by atoms with Gasteiger partial charge in [-0.25, -0.2) is 14.2 Å². The zero-order valence-corrected chi connectivity index (χ0v) is 17.7. The molecule has 5 rings (SSSR count). The van der Waals surface area contributed by atoms with E-state index in [4.69, 9.17) is 4.42 Å². The number of rotatable bonds is 4. The van der Waals surface area contributed by atoms with Gasteiger partial charge in [-0.2, -0.15) is 8.42 Å². The van der Waals surface area contributed by atoms with Crippen LogP contribution in [0.3, 0.4) is 0 Å². The molecule has 0 bridgehead atoms. The third kappa shape index (κ3) is 3.17. The number of fused-ring (bicyclic) bond motifs is 5. The van der Waals surface area contributed by atoms with E-state index in [9.17, 15) is 22.2 Å². The Balaban J connectivity index is 1.88. The van der Waals surface area contributed by atoms with Gasteiger partial charge in [-0.05, 0) is 54.4 Å². The Morgan fingerprint density at radius 2 is 1.94 bits per heavy atom. The van der Waals surface area contributed by atoms with Gasteiger partial charge in [0.2, 0.25) is 5.71 Å². The summed E-state index contributed by atoms with van der Waals surface area (Å²) < 4.78 is 54.1. The second-order valence-electron chi connectivity index (χ2n) is 7.49. The summed E-state index contributed by atoms with van der Waals surface area (Å²) in [4.78, 5) is 16.7. The highest BCUT2D eigenvalue weighted by Crippen LogP contribution is 2.34. The summed E-state index contributed by atoms with van der Waals surface area (Å²) in [5, 5.41) is 2.07. The number of hydrogen-bond acceptors (Lipinski definition) is 5. The van der Waals surface area contributed by atoms with E-state index in [0.717, 1.165) is 35.6 Å². The topological polar surface area (TPSA) is 102 Å². The summed E-state index contributed by atoms with van der Waals surface area (Å²) in [5.74, 6) is -0.663. The van der Waals surface area contributed by atoms with Crippen LogP contribution in [0, 0.1) is 5.82 Å². The van der Waals surface area contributed by atoms with Crippen LogP contribution >= 0.6 is 0 Å². The summed E-state index contributed by atoms with van der Waals surface area (Å²) in [6.45, 7) is 1.88. The Morgan fingerprint density at radius 3 is 2.69 bits per heavy atom. The number of nitrogens with zero attached hydrogens (tertiary/aromatic N) is 2. The highest BCUT2D eigenvalue weighted by molar-refractivity contribution is 7.85. The molecule has 32 heavy (non-hydrogen) atoms. The maximum absolute atomic E-state index is 14.6. The van der Waals surface area contributed by atoms with Gasteiger partial charge in [0.25, 0.3) is 10.1 Å². The lowest BCUT2D eigenvalue weighted by atomic mass is 10.1. The van der Waals surface area contributed by atoms with Crippen molar-refractivity contribution >= 4 is 43.0 Å². The third-order valence-electron chi connectivity index (χ3n) is 5.60. The van der Waals surface area contributed by atoms with Crippen molar-refractivity contribution in [3.05, 3.63) is 82.1 Å². The van der Waals surface area contributed by atoms with Gasteiger partial charge in [0.05, 0.1) is 11.4 Å².